The van der Waals surface area contributed by atoms with Crippen LogP contribution in [0.5, 0.6) is 5.88 Å². The zero-order valence-electron chi connectivity index (χ0n) is 14.5. The molecule has 3 aromatic rings. The van der Waals surface area contributed by atoms with Gasteiger partial charge >= 0.3 is 0 Å². The van der Waals surface area contributed by atoms with Crippen LogP contribution in [0.25, 0.3) is 10.9 Å². The number of nitrogens with one attached hydrogen (secondary N) is 1. The Bertz CT molecular complexity index is 1110. The third-order valence-electron chi connectivity index (χ3n) is 3.96. The van der Waals surface area contributed by atoms with E-state index in [-0.39, 0.29) is 16.5 Å². The molecule has 9 heteroatoms. The van der Waals surface area contributed by atoms with Crippen LogP contribution in [-0.2, 0) is 21.4 Å². The van der Waals surface area contributed by atoms with E-state index in [9.17, 15) is 18.3 Å². The number of carbonyl (C=O) groups excluding carboxylic acids is 1. The normalized spacial score (nSPS) is 12.0. The van der Waals surface area contributed by atoms with Crippen LogP contribution in [0.4, 0.5) is 5.69 Å². The summed E-state index contributed by atoms with van der Waals surface area (Å²) in [5.74, 6) is -0.873. The number of aromatic hydroxyl groups is 1. The number of aryl methyl sites for hydroxylation is 1. The van der Waals surface area contributed by atoms with Crippen molar-refractivity contribution >= 4 is 32.5 Å². The molecule has 2 aromatic carbocycles. The lowest BCUT2D eigenvalue weighted by Gasteiger charge is -2.03. The van der Waals surface area contributed by atoms with Gasteiger partial charge in [0.15, 0.2) is 5.69 Å². The van der Waals surface area contributed by atoms with Crippen molar-refractivity contribution < 1.29 is 18.3 Å². The van der Waals surface area contributed by atoms with Gasteiger partial charge in [-0.15, -0.1) is 10.2 Å². The SMILES string of the molecule is CCn1c(O)c(N=NC(=O)CNS(=O)(=O)c2ccccc2)c2ccccc21. The van der Waals surface area contributed by atoms with Crippen molar-refractivity contribution in [3.05, 3.63) is 54.6 Å². The van der Waals surface area contributed by atoms with Gasteiger partial charge < -0.3 is 9.67 Å². The molecule has 0 spiro atoms. The minimum absolute atomic E-state index is 0.0541. The summed E-state index contributed by atoms with van der Waals surface area (Å²) in [4.78, 5) is 12.0. The van der Waals surface area contributed by atoms with Crippen LogP contribution >= 0.6 is 0 Å². The molecule has 1 amide bonds. The van der Waals surface area contributed by atoms with Crippen LogP contribution in [-0.4, -0.2) is 30.5 Å². The molecule has 1 aromatic heterocycles. The molecule has 2 N–H and O–H groups in total. The minimum atomic E-state index is -3.81. The van der Waals surface area contributed by atoms with Gasteiger partial charge in [-0.05, 0) is 25.1 Å². The standard InChI is InChI=1S/C18H18N4O4S/c1-2-22-15-11-7-6-10-14(15)17(18(22)24)21-20-16(23)12-19-27(25,26)13-8-4-3-5-9-13/h3-11,19,24H,2,12H2,1H3. The van der Waals surface area contributed by atoms with E-state index in [1.807, 2.05) is 19.1 Å². The minimum Gasteiger partial charge on any atom is -0.493 e. The Morgan fingerprint density at radius 3 is 2.48 bits per heavy atom. The first-order chi connectivity index (χ1) is 12.9. The zero-order chi connectivity index (χ0) is 19.4. The first kappa shape index (κ1) is 18.7. The van der Waals surface area contributed by atoms with Gasteiger partial charge in [0.25, 0.3) is 5.91 Å². The van der Waals surface area contributed by atoms with Crippen LogP contribution in [0.2, 0.25) is 0 Å². The van der Waals surface area contributed by atoms with Crippen molar-refractivity contribution in [2.45, 2.75) is 18.4 Å². The van der Waals surface area contributed by atoms with E-state index in [1.54, 1.807) is 34.9 Å². The molecule has 140 valence electrons. The summed E-state index contributed by atoms with van der Waals surface area (Å²) in [6, 6.07) is 14.9. The lowest BCUT2D eigenvalue weighted by Crippen LogP contribution is -2.28. The largest absolute Gasteiger partial charge is 0.493 e. The van der Waals surface area contributed by atoms with Crippen molar-refractivity contribution in [1.29, 1.82) is 0 Å². The van der Waals surface area contributed by atoms with Crippen molar-refractivity contribution in [2.24, 2.45) is 10.2 Å². The summed E-state index contributed by atoms with van der Waals surface area (Å²) in [6.07, 6.45) is 0. The maximum atomic E-state index is 12.1. The molecular formula is C18H18N4O4S. The average molecular weight is 386 g/mol. The summed E-state index contributed by atoms with van der Waals surface area (Å²) >= 11 is 0. The second-order valence-corrected chi connectivity index (χ2v) is 7.43. The molecule has 0 unspecified atom stereocenters. The molecule has 27 heavy (non-hydrogen) atoms. The number of rotatable bonds is 6. The monoisotopic (exact) mass is 386 g/mol. The van der Waals surface area contributed by atoms with Gasteiger partial charge in [0, 0.05) is 11.9 Å². The highest BCUT2D eigenvalue weighted by Gasteiger charge is 2.17. The van der Waals surface area contributed by atoms with Crippen LogP contribution < -0.4 is 4.72 Å². The van der Waals surface area contributed by atoms with Crippen LogP contribution in [0.15, 0.2) is 69.7 Å². The van der Waals surface area contributed by atoms with E-state index in [1.165, 1.54) is 12.1 Å². The molecule has 0 atom stereocenters. The Morgan fingerprint density at radius 2 is 1.78 bits per heavy atom. The van der Waals surface area contributed by atoms with E-state index in [2.05, 4.69) is 15.0 Å². The van der Waals surface area contributed by atoms with Crippen LogP contribution in [0.3, 0.4) is 0 Å². The van der Waals surface area contributed by atoms with Gasteiger partial charge in [0.05, 0.1) is 17.0 Å². The average Bonchev–Trinajstić information content (AvgIpc) is 2.96. The highest BCUT2D eigenvalue weighted by molar-refractivity contribution is 7.89. The number of carbonyl (C=O) groups is 1. The molecule has 0 radical (unpaired) electrons. The number of amides is 1. The number of hydrogen-bond donors (Lipinski definition) is 2. The number of fused-ring (bicyclic) bond motifs is 1. The third-order valence-corrected chi connectivity index (χ3v) is 5.38. The molecule has 0 fully saturated rings. The predicted molar refractivity (Wildman–Crippen MR) is 100 cm³/mol. The lowest BCUT2D eigenvalue weighted by molar-refractivity contribution is -0.117. The summed E-state index contributed by atoms with van der Waals surface area (Å²) in [7, 11) is -3.81. The smallest absolute Gasteiger partial charge is 0.279 e. The molecular weight excluding hydrogens is 368 g/mol. The molecule has 1 heterocycles. The van der Waals surface area contributed by atoms with Crippen molar-refractivity contribution in [3.63, 3.8) is 0 Å². The van der Waals surface area contributed by atoms with E-state index in [0.717, 1.165) is 5.52 Å². The molecule has 0 aliphatic heterocycles. The number of para-hydroxylation sites is 1. The number of hydrogen-bond acceptors (Lipinski definition) is 5. The van der Waals surface area contributed by atoms with E-state index in [4.69, 9.17) is 0 Å². The quantitative estimate of drug-likeness (QED) is 0.634. The highest BCUT2D eigenvalue weighted by atomic mass is 32.2. The Kier molecular flexibility index (Phi) is 5.33. The maximum Gasteiger partial charge on any atom is 0.279 e. The van der Waals surface area contributed by atoms with Gasteiger partial charge in [0.1, 0.15) is 0 Å². The summed E-state index contributed by atoms with van der Waals surface area (Å²) < 4.78 is 28.0. The molecule has 0 bridgehead atoms. The van der Waals surface area contributed by atoms with Gasteiger partial charge in [0.2, 0.25) is 15.9 Å². The third kappa shape index (κ3) is 3.88. The van der Waals surface area contributed by atoms with E-state index < -0.39 is 22.5 Å². The van der Waals surface area contributed by atoms with E-state index in [0.29, 0.717) is 11.9 Å². The van der Waals surface area contributed by atoms with Crippen molar-refractivity contribution in [2.75, 3.05) is 6.54 Å². The van der Waals surface area contributed by atoms with Gasteiger partial charge in [-0.3, -0.25) is 4.79 Å². The number of aromatic nitrogens is 1. The zero-order valence-corrected chi connectivity index (χ0v) is 15.3. The fraction of sp³-hybridized carbons (Fsp3) is 0.167. The topological polar surface area (TPSA) is 113 Å². The van der Waals surface area contributed by atoms with Crippen molar-refractivity contribution in [3.8, 4) is 5.88 Å². The summed E-state index contributed by atoms with van der Waals surface area (Å²) in [5, 5.41) is 18.4. The second-order valence-electron chi connectivity index (χ2n) is 5.66. The number of nitrogens with zero attached hydrogens (tertiary/aromatic N) is 3. The fourth-order valence-electron chi connectivity index (χ4n) is 2.67. The first-order valence-corrected chi connectivity index (χ1v) is 9.72. The lowest BCUT2D eigenvalue weighted by atomic mass is 10.2. The van der Waals surface area contributed by atoms with Crippen LogP contribution in [0, 0.1) is 0 Å². The molecule has 3 rings (SSSR count). The number of benzene rings is 2. The Labute approximate surface area is 156 Å². The van der Waals surface area contributed by atoms with Gasteiger partial charge in [-0.1, -0.05) is 36.4 Å². The number of sulfonamides is 1. The molecule has 0 aliphatic rings. The Morgan fingerprint density at radius 1 is 1.11 bits per heavy atom. The first-order valence-electron chi connectivity index (χ1n) is 8.23. The Balaban J connectivity index is 1.76. The molecule has 8 nitrogen and oxygen atoms in total. The molecule has 0 saturated carbocycles. The summed E-state index contributed by atoms with van der Waals surface area (Å²) in [5.41, 5.74) is 0.940. The highest BCUT2D eigenvalue weighted by Crippen LogP contribution is 2.38. The second kappa shape index (κ2) is 7.68. The Hall–Kier alpha value is -3.04. The maximum absolute atomic E-state index is 12.1. The summed E-state index contributed by atoms with van der Waals surface area (Å²) in [6.45, 7) is 1.86. The predicted octanol–water partition coefficient (Wildman–Crippen LogP) is 2.96. The van der Waals surface area contributed by atoms with Crippen molar-refractivity contribution in [1.82, 2.24) is 9.29 Å². The number of azo groups is 1. The molecule has 0 aliphatic carbocycles. The van der Waals surface area contributed by atoms with Crippen LogP contribution in [0.1, 0.15) is 6.92 Å². The van der Waals surface area contributed by atoms with Gasteiger partial charge in [-0.2, -0.15) is 0 Å². The fourth-order valence-corrected chi connectivity index (χ4v) is 3.67. The van der Waals surface area contributed by atoms with Gasteiger partial charge in [-0.25, -0.2) is 13.1 Å². The van der Waals surface area contributed by atoms with E-state index >= 15 is 0 Å². The molecule has 0 saturated heterocycles.